The van der Waals surface area contributed by atoms with Gasteiger partial charge in [-0.2, -0.15) is 0 Å². The van der Waals surface area contributed by atoms with E-state index in [1.807, 2.05) is 78.9 Å². The number of aliphatic carboxylic acids is 1. The van der Waals surface area contributed by atoms with Crippen LogP contribution in [0.4, 0.5) is 14.9 Å². The van der Waals surface area contributed by atoms with Gasteiger partial charge in [-0.05, 0) is 52.9 Å². The minimum absolute atomic E-state index is 0.0789. The number of fused-ring (bicyclic) bond motifs is 3. The van der Waals surface area contributed by atoms with Gasteiger partial charge in [-0.25, -0.2) is 14.0 Å². The van der Waals surface area contributed by atoms with Crippen molar-refractivity contribution >= 4 is 23.7 Å². The van der Waals surface area contributed by atoms with E-state index in [0.29, 0.717) is 0 Å². The maximum Gasteiger partial charge on any atom is 0.411 e. The molecule has 1 aliphatic rings. The van der Waals surface area contributed by atoms with Gasteiger partial charge in [-0.15, -0.1) is 0 Å². The van der Waals surface area contributed by atoms with E-state index in [0.717, 1.165) is 39.9 Å². The fourth-order valence-corrected chi connectivity index (χ4v) is 5.03. The monoisotopic (exact) mass is 568 g/mol. The van der Waals surface area contributed by atoms with Crippen LogP contribution in [0.2, 0.25) is 0 Å². The van der Waals surface area contributed by atoms with Gasteiger partial charge in [-0.3, -0.25) is 10.1 Å². The highest BCUT2D eigenvalue weighted by Gasteiger charge is 2.30. The summed E-state index contributed by atoms with van der Waals surface area (Å²) in [7, 11) is 0. The van der Waals surface area contributed by atoms with Crippen LogP contribution < -0.4 is 10.6 Å². The number of rotatable bonds is 10. The Kier molecular flexibility index (Phi) is 8.59. The smallest absolute Gasteiger partial charge is 0.411 e. The Morgan fingerprint density at radius 3 is 2.14 bits per heavy atom. The Balaban J connectivity index is 1.21. The highest BCUT2D eigenvalue weighted by Crippen LogP contribution is 2.44. The molecule has 1 aliphatic carbocycles. The lowest BCUT2D eigenvalue weighted by Gasteiger charge is -2.22. The van der Waals surface area contributed by atoms with E-state index in [-0.39, 0.29) is 24.8 Å². The van der Waals surface area contributed by atoms with Gasteiger partial charge >= 0.3 is 12.1 Å². The van der Waals surface area contributed by atoms with Crippen LogP contribution >= 0.6 is 0 Å². The number of carboxylic acid groups (broad SMARTS) is 1. The summed E-state index contributed by atoms with van der Waals surface area (Å²) in [5, 5.41) is 14.5. The Labute approximate surface area is 242 Å². The fourth-order valence-electron chi connectivity index (χ4n) is 5.03. The summed E-state index contributed by atoms with van der Waals surface area (Å²) in [5.41, 5.74) is 4.81. The van der Waals surface area contributed by atoms with Crippen LogP contribution in [-0.2, 0) is 20.9 Å². The summed E-state index contributed by atoms with van der Waals surface area (Å²) >= 11 is 0. The van der Waals surface area contributed by atoms with Crippen molar-refractivity contribution < 1.29 is 33.4 Å². The van der Waals surface area contributed by atoms with Crippen LogP contribution in [0.1, 0.15) is 39.9 Å². The zero-order valence-corrected chi connectivity index (χ0v) is 22.8. The second-order valence-corrected chi connectivity index (χ2v) is 9.94. The molecule has 0 aliphatic heterocycles. The Bertz CT molecular complexity index is 1560. The minimum Gasteiger partial charge on any atom is -0.480 e. The number of benzene rings is 4. The predicted octanol–water partition coefficient (Wildman–Crippen LogP) is 5.98. The largest absolute Gasteiger partial charge is 0.480 e. The number of carbonyl (C=O) groups excluding carboxylic acids is 2. The van der Waals surface area contributed by atoms with Crippen molar-refractivity contribution in [2.45, 2.75) is 31.6 Å². The number of carbonyl (C=O) groups is 3. The standard InChI is InChI=1S/C33H29FN2O6/c1-20(41-18-21-9-3-2-4-10-21)30(32(38)39)36-31(37)27-17-22(15-16-29(27)34)35-33(40)42-19-28-25-13-7-5-11-23(25)24-12-6-8-14-26(24)28/h2-17,20,28,30H,18-19H2,1H3,(H,35,40)(H,36,37)(H,38,39). The van der Waals surface area contributed by atoms with Gasteiger partial charge in [0.25, 0.3) is 5.91 Å². The lowest BCUT2D eigenvalue weighted by molar-refractivity contribution is -0.143. The molecule has 5 rings (SSSR count). The number of anilines is 1. The number of ether oxygens (including phenoxy) is 2. The highest BCUT2D eigenvalue weighted by atomic mass is 19.1. The molecule has 0 bridgehead atoms. The summed E-state index contributed by atoms with van der Waals surface area (Å²) in [5.74, 6) is -3.33. The zero-order chi connectivity index (χ0) is 29.6. The minimum atomic E-state index is -1.45. The van der Waals surface area contributed by atoms with Gasteiger partial charge in [0, 0.05) is 11.6 Å². The first-order valence-corrected chi connectivity index (χ1v) is 13.4. The van der Waals surface area contributed by atoms with E-state index >= 15 is 0 Å². The van der Waals surface area contributed by atoms with E-state index < -0.39 is 41.5 Å². The number of hydrogen-bond acceptors (Lipinski definition) is 5. The highest BCUT2D eigenvalue weighted by molar-refractivity contribution is 5.98. The van der Waals surface area contributed by atoms with Gasteiger partial charge < -0.3 is 19.9 Å². The molecule has 2 atom stereocenters. The van der Waals surface area contributed by atoms with Crippen LogP contribution in [0, 0.1) is 5.82 Å². The van der Waals surface area contributed by atoms with Gasteiger partial charge in [-0.1, -0.05) is 78.9 Å². The number of amides is 2. The van der Waals surface area contributed by atoms with E-state index in [9.17, 15) is 23.9 Å². The van der Waals surface area contributed by atoms with Crippen LogP contribution in [0.5, 0.6) is 0 Å². The lowest BCUT2D eigenvalue weighted by atomic mass is 9.98. The molecule has 2 amide bonds. The molecule has 0 aromatic heterocycles. The molecule has 0 saturated heterocycles. The van der Waals surface area contributed by atoms with Crippen LogP contribution in [0.15, 0.2) is 97.1 Å². The van der Waals surface area contributed by atoms with Crippen molar-refractivity contribution in [3.8, 4) is 11.1 Å². The van der Waals surface area contributed by atoms with E-state index in [1.54, 1.807) is 0 Å². The molecule has 9 heteroatoms. The summed E-state index contributed by atoms with van der Waals surface area (Å²) in [4.78, 5) is 37.5. The molecule has 0 saturated carbocycles. The summed E-state index contributed by atoms with van der Waals surface area (Å²) in [6.45, 7) is 1.72. The predicted molar refractivity (Wildman–Crippen MR) is 155 cm³/mol. The van der Waals surface area contributed by atoms with Crippen molar-refractivity contribution in [1.29, 1.82) is 0 Å². The second-order valence-electron chi connectivity index (χ2n) is 9.94. The number of hydrogen-bond donors (Lipinski definition) is 3. The van der Waals surface area contributed by atoms with Gasteiger partial charge in [0.05, 0.1) is 18.3 Å². The maximum absolute atomic E-state index is 14.6. The molecule has 0 radical (unpaired) electrons. The van der Waals surface area contributed by atoms with Crippen molar-refractivity contribution in [3.05, 3.63) is 125 Å². The Morgan fingerprint density at radius 2 is 1.50 bits per heavy atom. The molecule has 0 spiro atoms. The molecule has 0 heterocycles. The molecule has 214 valence electrons. The number of halogens is 1. The maximum atomic E-state index is 14.6. The quantitative estimate of drug-likeness (QED) is 0.217. The van der Waals surface area contributed by atoms with Gasteiger partial charge in [0.15, 0.2) is 6.04 Å². The van der Waals surface area contributed by atoms with Crippen molar-refractivity contribution in [2.75, 3.05) is 11.9 Å². The van der Waals surface area contributed by atoms with E-state index in [4.69, 9.17) is 9.47 Å². The molecule has 3 N–H and O–H groups in total. The average Bonchev–Trinajstić information content (AvgIpc) is 3.32. The van der Waals surface area contributed by atoms with Crippen molar-refractivity contribution in [3.63, 3.8) is 0 Å². The summed E-state index contributed by atoms with van der Waals surface area (Å²) < 4.78 is 25.8. The first kappa shape index (κ1) is 28.5. The molecule has 8 nitrogen and oxygen atoms in total. The molecule has 42 heavy (non-hydrogen) atoms. The Morgan fingerprint density at radius 1 is 0.881 bits per heavy atom. The molecule has 4 aromatic rings. The molecule has 2 unspecified atom stereocenters. The topological polar surface area (TPSA) is 114 Å². The Hall–Kier alpha value is -5.02. The third-order valence-corrected chi connectivity index (χ3v) is 7.18. The average molecular weight is 569 g/mol. The normalized spacial score (nSPS) is 13.4. The third kappa shape index (κ3) is 6.31. The van der Waals surface area contributed by atoms with Crippen molar-refractivity contribution in [1.82, 2.24) is 5.32 Å². The third-order valence-electron chi connectivity index (χ3n) is 7.18. The summed E-state index contributed by atoms with van der Waals surface area (Å²) in [6.07, 6.45) is -1.70. The number of carboxylic acids is 1. The van der Waals surface area contributed by atoms with Crippen LogP contribution in [0.3, 0.4) is 0 Å². The van der Waals surface area contributed by atoms with Gasteiger partial charge in [0.2, 0.25) is 0 Å². The van der Waals surface area contributed by atoms with Crippen molar-refractivity contribution in [2.24, 2.45) is 0 Å². The molecular weight excluding hydrogens is 539 g/mol. The molecule has 4 aromatic carbocycles. The first-order valence-electron chi connectivity index (χ1n) is 13.4. The molecule has 0 fully saturated rings. The van der Waals surface area contributed by atoms with E-state index in [1.165, 1.54) is 13.0 Å². The first-order chi connectivity index (χ1) is 20.3. The zero-order valence-electron chi connectivity index (χ0n) is 22.8. The lowest BCUT2D eigenvalue weighted by Crippen LogP contribution is -2.48. The van der Waals surface area contributed by atoms with Gasteiger partial charge in [0.1, 0.15) is 12.4 Å². The number of nitrogens with one attached hydrogen (secondary N) is 2. The SMILES string of the molecule is CC(OCc1ccccc1)C(NC(=O)c1cc(NC(=O)OCC2c3ccccc3-c3ccccc32)ccc1F)C(=O)O. The fraction of sp³-hybridized carbons (Fsp3) is 0.182. The van der Waals surface area contributed by atoms with E-state index in [2.05, 4.69) is 10.6 Å². The van der Waals surface area contributed by atoms with Crippen LogP contribution in [0.25, 0.3) is 11.1 Å². The second kappa shape index (κ2) is 12.7. The summed E-state index contributed by atoms with van der Waals surface area (Å²) in [6, 6.07) is 27.0. The van der Waals surface area contributed by atoms with Crippen LogP contribution in [-0.4, -0.2) is 41.8 Å². The molecular formula is C33H29FN2O6.